The Hall–Kier alpha value is -0.880. The van der Waals surface area contributed by atoms with E-state index in [0.717, 1.165) is 25.9 Å². The summed E-state index contributed by atoms with van der Waals surface area (Å²) in [4.78, 5) is 14.3. The maximum absolute atomic E-state index is 12.1. The SMILES string of the molecule is Nc1ccc(S(=O)CC(=O)N2CCCC2)c(Br)c1. The van der Waals surface area contributed by atoms with Crippen LogP contribution in [-0.2, 0) is 15.6 Å². The van der Waals surface area contributed by atoms with Crippen molar-refractivity contribution in [2.24, 2.45) is 0 Å². The molecule has 1 aromatic carbocycles. The normalized spacial score (nSPS) is 16.8. The predicted molar refractivity (Wildman–Crippen MR) is 75.6 cm³/mol. The number of nitrogens with zero attached hydrogens (tertiary/aromatic N) is 1. The van der Waals surface area contributed by atoms with Crippen LogP contribution in [0.1, 0.15) is 12.8 Å². The second-order valence-electron chi connectivity index (χ2n) is 4.27. The first-order valence-electron chi connectivity index (χ1n) is 5.79. The van der Waals surface area contributed by atoms with Crippen LogP contribution >= 0.6 is 15.9 Å². The van der Waals surface area contributed by atoms with Gasteiger partial charge in [0.15, 0.2) is 0 Å². The maximum atomic E-state index is 12.1. The van der Waals surface area contributed by atoms with Crippen molar-refractivity contribution in [2.75, 3.05) is 24.6 Å². The monoisotopic (exact) mass is 330 g/mol. The van der Waals surface area contributed by atoms with E-state index in [9.17, 15) is 9.00 Å². The van der Waals surface area contributed by atoms with Crippen molar-refractivity contribution in [1.29, 1.82) is 0 Å². The zero-order chi connectivity index (χ0) is 13.1. The number of nitrogen functional groups attached to an aromatic ring is 1. The third kappa shape index (κ3) is 3.11. The third-order valence-corrected chi connectivity index (χ3v) is 5.19. The lowest BCUT2D eigenvalue weighted by Crippen LogP contribution is -2.31. The van der Waals surface area contributed by atoms with Gasteiger partial charge in [-0.05, 0) is 47.0 Å². The second kappa shape index (κ2) is 5.84. The van der Waals surface area contributed by atoms with Crippen molar-refractivity contribution in [1.82, 2.24) is 4.90 Å². The van der Waals surface area contributed by atoms with E-state index in [1.54, 1.807) is 23.1 Å². The van der Waals surface area contributed by atoms with Gasteiger partial charge in [-0.3, -0.25) is 9.00 Å². The minimum atomic E-state index is -1.32. The highest BCUT2D eigenvalue weighted by molar-refractivity contribution is 9.10. The molecule has 0 radical (unpaired) electrons. The molecule has 4 nitrogen and oxygen atoms in total. The van der Waals surface area contributed by atoms with Crippen LogP contribution in [0.3, 0.4) is 0 Å². The molecule has 1 saturated heterocycles. The number of hydrogen-bond acceptors (Lipinski definition) is 3. The lowest BCUT2D eigenvalue weighted by atomic mass is 10.3. The van der Waals surface area contributed by atoms with Gasteiger partial charge in [-0.2, -0.15) is 0 Å². The number of halogens is 1. The van der Waals surface area contributed by atoms with E-state index in [-0.39, 0.29) is 11.7 Å². The van der Waals surface area contributed by atoms with Crippen molar-refractivity contribution in [3.8, 4) is 0 Å². The molecule has 98 valence electrons. The Morgan fingerprint density at radius 3 is 2.67 bits per heavy atom. The topological polar surface area (TPSA) is 63.4 Å². The quantitative estimate of drug-likeness (QED) is 0.859. The predicted octanol–water partition coefficient (Wildman–Crippen LogP) is 1.76. The molecule has 1 aliphatic rings. The van der Waals surface area contributed by atoms with Crippen LogP contribution in [-0.4, -0.2) is 33.9 Å². The standard InChI is InChI=1S/C12H15BrN2O2S/c13-10-7-9(14)3-4-11(10)18(17)8-12(16)15-5-1-2-6-15/h3-4,7H,1-2,5-6,8,14H2. The highest BCUT2D eigenvalue weighted by Gasteiger charge is 2.21. The Morgan fingerprint density at radius 2 is 2.06 bits per heavy atom. The molecule has 0 aromatic heterocycles. The molecule has 0 spiro atoms. The number of anilines is 1. The van der Waals surface area contributed by atoms with Crippen molar-refractivity contribution in [2.45, 2.75) is 17.7 Å². The summed E-state index contributed by atoms with van der Waals surface area (Å²) < 4.78 is 12.8. The first-order valence-corrected chi connectivity index (χ1v) is 7.90. The van der Waals surface area contributed by atoms with Crippen LogP contribution in [0, 0.1) is 0 Å². The molecular weight excluding hydrogens is 316 g/mol. The van der Waals surface area contributed by atoms with Crippen molar-refractivity contribution < 1.29 is 9.00 Å². The van der Waals surface area contributed by atoms with E-state index in [4.69, 9.17) is 5.73 Å². The number of hydrogen-bond donors (Lipinski definition) is 1. The van der Waals surface area contributed by atoms with Crippen LogP contribution in [0.5, 0.6) is 0 Å². The van der Waals surface area contributed by atoms with Crippen LogP contribution in [0.15, 0.2) is 27.6 Å². The molecule has 1 atom stereocenters. The number of carbonyl (C=O) groups excluding carboxylic acids is 1. The Bertz CT molecular complexity index is 487. The first kappa shape index (κ1) is 13.5. The molecule has 0 saturated carbocycles. The van der Waals surface area contributed by atoms with Crippen LogP contribution < -0.4 is 5.73 Å². The zero-order valence-corrected chi connectivity index (χ0v) is 12.3. The first-order chi connectivity index (χ1) is 8.58. The van der Waals surface area contributed by atoms with E-state index in [1.807, 2.05) is 0 Å². The highest BCUT2D eigenvalue weighted by Crippen LogP contribution is 2.23. The summed E-state index contributed by atoms with van der Waals surface area (Å²) in [7, 11) is -1.32. The number of likely N-dealkylation sites (tertiary alicyclic amines) is 1. The molecule has 18 heavy (non-hydrogen) atoms. The van der Waals surface area contributed by atoms with Crippen LogP contribution in [0.4, 0.5) is 5.69 Å². The Labute approximate surface area is 117 Å². The summed E-state index contributed by atoms with van der Waals surface area (Å²) >= 11 is 3.32. The molecule has 1 unspecified atom stereocenters. The van der Waals surface area contributed by atoms with E-state index >= 15 is 0 Å². The van der Waals surface area contributed by atoms with Gasteiger partial charge in [0.2, 0.25) is 5.91 Å². The minimum absolute atomic E-state index is 0.0328. The molecule has 2 rings (SSSR count). The summed E-state index contributed by atoms with van der Waals surface area (Å²) in [6.45, 7) is 1.58. The molecule has 0 aliphatic carbocycles. The van der Waals surface area contributed by atoms with E-state index in [2.05, 4.69) is 15.9 Å². The number of benzene rings is 1. The van der Waals surface area contributed by atoms with Gasteiger partial charge >= 0.3 is 0 Å². The maximum Gasteiger partial charge on any atom is 0.235 e. The van der Waals surface area contributed by atoms with Gasteiger partial charge in [-0.15, -0.1) is 0 Å². The summed E-state index contributed by atoms with van der Waals surface area (Å²) in [6.07, 6.45) is 2.09. The second-order valence-corrected chi connectivity index (χ2v) is 6.54. The molecular formula is C12H15BrN2O2S. The zero-order valence-electron chi connectivity index (χ0n) is 9.89. The van der Waals surface area contributed by atoms with E-state index in [1.165, 1.54) is 0 Å². The lowest BCUT2D eigenvalue weighted by Gasteiger charge is -2.15. The lowest BCUT2D eigenvalue weighted by molar-refractivity contribution is -0.127. The van der Waals surface area contributed by atoms with E-state index < -0.39 is 10.8 Å². The van der Waals surface area contributed by atoms with Crippen molar-refractivity contribution in [3.05, 3.63) is 22.7 Å². The minimum Gasteiger partial charge on any atom is -0.399 e. The highest BCUT2D eigenvalue weighted by atomic mass is 79.9. The van der Waals surface area contributed by atoms with Gasteiger partial charge in [0.05, 0.1) is 15.7 Å². The summed E-state index contributed by atoms with van der Waals surface area (Å²) in [5, 5.41) is 0. The van der Waals surface area contributed by atoms with Crippen LogP contribution in [0.25, 0.3) is 0 Å². The molecule has 1 aromatic rings. The average Bonchev–Trinajstić information content (AvgIpc) is 2.81. The molecule has 0 bridgehead atoms. The number of carbonyl (C=O) groups is 1. The van der Waals surface area contributed by atoms with Crippen molar-refractivity contribution >= 4 is 38.3 Å². The molecule has 6 heteroatoms. The number of nitrogens with two attached hydrogens (primary N) is 1. The smallest absolute Gasteiger partial charge is 0.235 e. The largest absolute Gasteiger partial charge is 0.399 e. The molecule has 1 amide bonds. The molecule has 1 aliphatic heterocycles. The fourth-order valence-corrected chi connectivity index (χ4v) is 3.95. The number of rotatable bonds is 3. The van der Waals surface area contributed by atoms with Gasteiger partial charge < -0.3 is 10.6 Å². The summed E-state index contributed by atoms with van der Waals surface area (Å²) in [6, 6.07) is 5.10. The molecule has 1 heterocycles. The molecule has 2 N–H and O–H groups in total. The van der Waals surface area contributed by atoms with Gasteiger partial charge in [0.1, 0.15) is 5.75 Å². The Kier molecular flexibility index (Phi) is 4.40. The van der Waals surface area contributed by atoms with Crippen molar-refractivity contribution in [3.63, 3.8) is 0 Å². The Balaban J connectivity index is 2.05. The van der Waals surface area contributed by atoms with Gasteiger partial charge in [-0.25, -0.2) is 0 Å². The van der Waals surface area contributed by atoms with Crippen LogP contribution in [0.2, 0.25) is 0 Å². The third-order valence-electron chi connectivity index (χ3n) is 2.91. The van der Waals surface area contributed by atoms with Gasteiger partial charge in [-0.1, -0.05) is 0 Å². The summed E-state index contributed by atoms with van der Waals surface area (Å²) in [5.41, 5.74) is 6.23. The van der Waals surface area contributed by atoms with Gasteiger partial charge in [0.25, 0.3) is 0 Å². The summed E-state index contributed by atoms with van der Waals surface area (Å²) in [5.74, 6) is 0.0113. The fraction of sp³-hybridized carbons (Fsp3) is 0.417. The molecule has 1 fully saturated rings. The average molecular weight is 331 g/mol. The van der Waals surface area contributed by atoms with Gasteiger partial charge in [0, 0.05) is 23.2 Å². The van der Waals surface area contributed by atoms with E-state index in [0.29, 0.717) is 15.1 Å². The Morgan fingerprint density at radius 1 is 1.39 bits per heavy atom. The fourth-order valence-electron chi connectivity index (χ4n) is 1.95. The number of amides is 1.